The zero-order valence-electron chi connectivity index (χ0n) is 10.1. The Bertz CT molecular complexity index is 416. The standard InChI is InChI=1S/C12H17N3O3/c16-11(9-3-1-4-10(9)12(17)18)13-6-8-15-7-2-5-14-15/h2,5,7,9-10H,1,3-4,6,8H2,(H,13,16)(H,17,18)/t9-,10+/m1/s1. The number of aromatic nitrogens is 2. The Morgan fingerprint density at radius 2 is 2.17 bits per heavy atom. The minimum Gasteiger partial charge on any atom is -0.481 e. The fourth-order valence-corrected chi connectivity index (χ4v) is 2.43. The van der Waals surface area contributed by atoms with Crippen LogP contribution in [0.15, 0.2) is 18.5 Å². The van der Waals surface area contributed by atoms with Crippen LogP contribution in [0, 0.1) is 11.8 Å². The maximum atomic E-state index is 11.9. The number of carbonyl (C=O) groups is 2. The van der Waals surface area contributed by atoms with E-state index in [2.05, 4.69) is 10.4 Å². The van der Waals surface area contributed by atoms with E-state index in [-0.39, 0.29) is 11.8 Å². The second-order valence-electron chi connectivity index (χ2n) is 4.54. The van der Waals surface area contributed by atoms with E-state index in [1.165, 1.54) is 0 Å². The molecule has 18 heavy (non-hydrogen) atoms. The normalized spacial score (nSPS) is 22.9. The van der Waals surface area contributed by atoms with Crippen LogP contribution in [-0.4, -0.2) is 33.3 Å². The third-order valence-corrected chi connectivity index (χ3v) is 3.37. The lowest BCUT2D eigenvalue weighted by molar-refractivity contribution is -0.146. The van der Waals surface area contributed by atoms with E-state index in [1.807, 2.05) is 12.3 Å². The molecule has 1 aromatic heterocycles. The zero-order valence-corrected chi connectivity index (χ0v) is 10.1. The molecule has 98 valence electrons. The van der Waals surface area contributed by atoms with Crippen molar-refractivity contribution < 1.29 is 14.7 Å². The molecule has 2 rings (SSSR count). The van der Waals surface area contributed by atoms with Gasteiger partial charge in [0.05, 0.1) is 18.4 Å². The number of rotatable bonds is 5. The number of aliphatic carboxylic acids is 1. The molecular formula is C12H17N3O3. The van der Waals surface area contributed by atoms with Crippen molar-refractivity contribution in [2.45, 2.75) is 25.8 Å². The molecule has 1 aliphatic rings. The first-order valence-corrected chi connectivity index (χ1v) is 6.16. The van der Waals surface area contributed by atoms with Gasteiger partial charge in [0.1, 0.15) is 0 Å². The molecule has 1 saturated carbocycles. The Morgan fingerprint density at radius 1 is 1.39 bits per heavy atom. The van der Waals surface area contributed by atoms with Gasteiger partial charge in [-0.25, -0.2) is 0 Å². The average molecular weight is 251 g/mol. The highest BCUT2D eigenvalue weighted by atomic mass is 16.4. The molecule has 0 bridgehead atoms. The van der Waals surface area contributed by atoms with Crippen molar-refractivity contribution in [1.82, 2.24) is 15.1 Å². The Morgan fingerprint density at radius 3 is 2.83 bits per heavy atom. The molecule has 1 aromatic rings. The predicted octanol–water partition coefficient (Wildman–Crippen LogP) is 0.500. The van der Waals surface area contributed by atoms with E-state index in [0.717, 1.165) is 6.42 Å². The molecule has 0 aliphatic heterocycles. The quantitative estimate of drug-likeness (QED) is 0.798. The van der Waals surface area contributed by atoms with E-state index in [0.29, 0.717) is 25.9 Å². The Kier molecular flexibility index (Phi) is 3.96. The molecule has 0 saturated heterocycles. The van der Waals surface area contributed by atoms with Crippen LogP contribution >= 0.6 is 0 Å². The maximum Gasteiger partial charge on any atom is 0.307 e. The van der Waals surface area contributed by atoms with Gasteiger partial charge in [-0.2, -0.15) is 5.10 Å². The summed E-state index contributed by atoms with van der Waals surface area (Å²) in [6.45, 7) is 1.08. The van der Waals surface area contributed by atoms with Gasteiger partial charge in [0.25, 0.3) is 0 Å². The van der Waals surface area contributed by atoms with Crippen molar-refractivity contribution in [3.63, 3.8) is 0 Å². The van der Waals surface area contributed by atoms with Crippen molar-refractivity contribution in [3.05, 3.63) is 18.5 Å². The summed E-state index contributed by atoms with van der Waals surface area (Å²) in [5, 5.41) is 15.8. The summed E-state index contributed by atoms with van der Waals surface area (Å²) in [4.78, 5) is 22.9. The molecule has 2 N–H and O–H groups in total. The topological polar surface area (TPSA) is 84.2 Å². The Balaban J connectivity index is 1.79. The van der Waals surface area contributed by atoms with E-state index < -0.39 is 11.9 Å². The second-order valence-corrected chi connectivity index (χ2v) is 4.54. The van der Waals surface area contributed by atoms with Gasteiger partial charge in [-0.1, -0.05) is 6.42 Å². The van der Waals surface area contributed by atoms with E-state index in [4.69, 9.17) is 5.11 Å². The summed E-state index contributed by atoms with van der Waals surface area (Å²) in [6, 6.07) is 1.82. The SMILES string of the molecule is O=C(O)[C@H]1CCC[C@H]1C(=O)NCCn1cccn1. The molecule has 2 atom stereocenters. The largest absolute Gasteiger partial charge is 0.481 e. The van der Waals surface area contributed by atoms with Crippen molar-refractivity contribution in [3.8, 4) is 0 Å². The molecule has 1 heterocycles. The fourth-order valence-electron chi connectivity index (χ4n) is 2.43. The molecule has 1 aliphatic carbocycles. The van der Waals surface area contributed by atoms with Crippen LogP contribution in [0.1, 0.15) is 19.3 Å². The first-order chi connectivity index (χ1) is 8.68. The van der Waals surface area contributed by atoms with Crippen molar-refractivity contribution in [2.75, 3.05) is 6.54 Å². The number of nitrogens with one attached hydrogen (secondary N) is 1. The highest BCUT2D eigenvalue weighted by Crippen LogP contribution is 2.31. The van der Waals surface area contributed by atoms with E-state index >= 15 is 0 Å². The lowest BCUT2D eigenvalue weighted by Gasteiger charge is -2.15. The predicted molar refractivity (Wildman–Crippen MR) is 63.7 cm³/mol. The summed E-state index contributed by atoms with van der Waals surface area (Å²) in [7, 11) is 0. The summed E-state index contributed by atoms with van der Waals surface area (Å²) in [5.74, 6) is -1.90. The van der Waals surface area contributed by atoms with Crippen LogP contribution in [0.3, 0.4) is 0 Å². The molecule has 0 unspecified atom stereocenters. The fraction of sp³-hybridized carbons (Fsp3) is 0.583. The number of carbonyl (C=O) groups excluding carboxylic acids is 1. The Labute approximate surface area is 105 Å². The van der Waals surface area contributed by atoms with Crippen LogP contribution in [0.4, 0.5) is 0 Å². The molecule has 1 amide bonds. The monoisotopic (exact) mass is 251 g/mol. The van der Waals surface area contributed by atoms with E-state index in [1.54, 1.807) is 10.9 Å². The first kappa shape index (κ1) is 12.6. The first-order valence-electron chi connectivity index (χ1n) is 6.16. The lowest BCUT2D eigenvalue weighted by Crippen LogP contribution is -2.36. The molecule has 6 nitrogen and oxygen atoms in total. The highest BCUT2D eigenvalue weighted by molar-refractivity contribution is 5.85. The van der Waals surface area contributed by atoms with Gasteiger partial charge in [-0.05, 0) is 18.9 Å². The van der Waals surface area contributed by atoms with Gasteiger partial charge in [0, 0.05) is 18.9 Å². The molecular weight excluding hydrogens is 234 g/mol. The third kappa shape index (κ3) is 2.88. The van der Waals surface area contributed by atoms with Gasteiger partial charge in [0.15, 0.2) is 0 Å². The third-order valence-electron chi connectivity index (χ3n) is 3.37. The molecule has 0 radical (unpaired) electrons. The molecule has 6 heteroatoms. The van der Waals surface area contributed by atoms with Crippen molar-refractivity contribution in [2.24, 2.45) is 11.8 Å². The second kappa shape index (κ2) is 5.66. The lowest BCUT2D eigenvalue weighted by atomic mass is 9.95. The van der Waals surface area contributed by atoms with Gasteiger partial charge < -0.3 is 10.4 Å². The Hall–Kier alpha value is -1.85. The van der Waals surface area contributed by atoms with Crippen molar-refractivity contribution in [1.29, 1.82) is 0 Å². The number of nitrogens with zero attached hydrogens (tertiary/aromatic N) is 2. The molecule has 0 spiro atoms. The highest BCUT2D eigenvalue weighted by Gasteiger charge is 2.37. The van der Waals surface area contributed by atoms with Gasteiger partial charge in [-0.3, -0.25) is 14.3 Å². The minimum atomic E-state index is -0.861. The number of amides is 1. The van der Waals surface area contributed by atoms with Gasteiger partial charge in [-0.15, -0.1) is 0 Å². The van der Waals surface area contributed by atoms with Gasteiger partial charge in [0.2, 0.25) is 5.91 Å². The summed E-state index contributed by atoms with van der Waals surface area (Å²) in [6.07, 6.45) is 5.59. The van der Waals surface area contributed by atoms with Crippen LogP contribution < -0.4 is 5.32 Å². The molecule has 0 aromatic carbocycles. The average Bonchev–Trinajstić information content (AvgIpc) is 2.99. The summed E-state index contributed by atoms with van der Waals surface area (Å²) in [5.41, 5.74) is 0. The smallest absolute Gasteiger partial charge is 0.307 e. The molecule has 1 fully saturated rings. The number of carboxylic acids is 1. The minimum absolute atomic E-state index is 0.146. The van der Waals surface area contributed by atoms with Crippen LogP contribution in [0.5, 0.6) is 0 Å². The number of hydrogen-bond acceptors (Lipinski definition) is 3. The van der Waals surface area contributed by atoms with Crippen LogP contribution in [-0.2, 0) is 16.1 Å². The van der Waals surface area contributed by atoms with Crippen LogP contribution in [0.2, 0.25) is 0 Å². The number of carboxylic acid groups (broad SMARTS) is 1. The maximum absolute atomic E-state index is 11.9. The number of hydrogen-bond donors (Lipinski definition) is 2. The van der Waals surface area contributed by atoms with E-state index in [9.17, 15) is 9.59 Å². The van der Waals surface area contributed by atoms with Gasteiger partial charge >= 0.3 is 5.97 Å². The summed E-state index contributed by atoms with van der Waals surface area (Å²) < 4.78 is 1.73. The van der Waals surface area contributed by atoms with Crippen LogP contribution in [0.25, 0.3) is 0 Å². The van der Waals surface area contributed by atoms with Crippen molar-refractivity contribution >= 4 is 11.9 Å². The summed E-state index contributed by atoms with van der Waals surface area (Å²) >= 11 is 0. The zero-order chi connectivity index (χ0) is 13.0.